The molecule has 5 heteroatoms. The average Bonchev–Trinajstić information content (AvgIpc) is 2.73. The summed E-state index contributed by atoms with van der Waals surface area (Å²) < 4.78 is 11.8. The molecule has 0 aliphatic carbocycles. The fourth-order valence-electron chi connectivity index (χ4n) is 4.18. The topological polar surface area (TPSA) is 54.0 Å². The van der Waals surface area contributed by atoms with E-state index in [1.165, 1.54) is 22.4 Å². The summed E-state index contributed by atoms with van der Waals surface area (Å²) in [5.74, 6) is 0.933. The lowest BCUT2D eigenvalue weighted by Crippen LogP contribution is -2.25. The Kier molecular flexibility index (Phi) is 5.74. The maximum atomic E-state index is 9.47. The van der Waals surface area contributed by atoms with Gasteiger partial charge in [0.1, 0.15) is 12.4 Å². The van der Waals surface area contributed by atoms with Crippen LogP contribution in [-0.4, -0.2) is 45.1 Å². The van der Waals surface area contributed by atoms with Crippen molar-refractivity contribution in [1.82, 2.24) is 0 Å². The van der Waals surface area contributed by atoms with Crippen molar-refractivity contribution >= 4 is 11.4 Å². The summed E-state index contributed by atoms with van der Waals surface area (Å²) in [5.41, 5.74) is 6.05. The maximum absolute atomic E-state index is 9.47. The normalized spacial score (nSPS) is 21.4. The summed E-state index contributed by atoms with van der Waals surface area (Å²) in [5, 5.41) is 12.9. The van der Waals surface area contributed by atoms with Crippen molar-refractivity contribution in [3.63, 3.8) is 0 Å². The molecule has 4 rings (SSSR count). The van der Waals surface area contributed by atoms with Crippen molar-refractivity contribution in [1.29, 1.82) is 0 Å². The van der Waals surface area contributed by atoms with E-state index < -0.39 is 0 Å². The van der Waals surface area contributed by atoms with E-state index in [0.717, 1.165) is 50.3 Å². The molecule has 2 N–H and O–H groups in total. The molecule has 2 atom stereocenters. The lowest BCUT2D eigenvalue weighted by atomic mass is 9.94. The SMILES string of the molecule is CN(C)c1ccc([C@H]2CCC[C@@H](CO)O2)cc1Cc1ccc2c(c1)NCCO2. The molecule has 0 amide bonds. The highest BCUT2D eigenvalue weighted by molar-refractivity contribution is 5.61. The van der Waals surface area contributed by atoms with Crippen LogP contribution in [0.5, 0.6) is 5.75 Å². The predicted molar refractivity (Wildman–Crippen MR) is 113 cm³/mol. The van der Waals surface area contributed by atoms with Crippen LogP contribution in [0.25, 0.3) is 0 Å². The van der Waals surface area contributed by atoms with Crippen LogP contribution in [-0.2, 0) is 11.2 Å². The fraction of sp³-hybridized carbons (Fsp3) is 0.478. The number of ether oxygens (including phenoxy) is 2. The number of anilines is 2. The minimum atomic E-state index is -0.0394. The van der Waals surface area contributed by atoms with Gasteiger partial charge in [0.2, 0.25) is 0 Å². The first-order valence-electron chi connectivity index (χ1n) is 10.2. The zero-order valence-corrected chi connectivity index (χ0v) is 16.8. The first kappa shape index (κ1) is 19.1. The highest BCUT2D eigenvalue weighted by atomic mass is 16.5. The van der Waals surface area contributed by atoms with Crippen LogP contribution in [0.3, 0.4) is 0 Å². The molecule has 0 unspecified atom stereocenters. The van der Waals surface area contributed by atoms with Crippen LogP contribution >= 0.6 is 0 Å². The molecule has 150 valence electrons. The third kappa shape index (κ3) is 4.10. The van der Waals surface area contributed by atoms with Crippen LogP contribution in [0.2, 0.25) is 0 Å². The summed E-state index contributed by atoms with van der Waals surface area (Å²) in [6, 6.07) is 13.0. The zero-order valence-electron chi connectivity index (χ0n) is 16.8. The number of aliphatic hydroxyl groups is 1. The van der Waals surface area contributed by atoms with Crippen LogP contribution in [0.4, 0.5) is 11.4 Å². The Morgan fingerprint density at radius 1 is 1.14 bits per heavy atom. The molecule has 0 aromatic heterocycles. The van der Waals surface area contributed by atoms with Crippen LogP contribution in [0.1, 0.15) is 42.1 Å². The summed E-state index contributed by atoms with van der Waals surface area (Å²) in [6.07, 6.45) is 3.93. The Bertz CT molecular complexity index is 821. The van der Waals surface area contributed by atoms with Gasteiger partial charge in [-0.05, 0) is 60.6 Å². The van der Waals surface area contributed by atoms with E-state index in [4.69, 9.17) is 9.47 Å². The van der Waals surface area contributed by atoms with Gasteiger partial charge in [-0.1, -0.05) is 18.2 Å². The van der Waals surface area contributed by atoms with E-state index in [2.05, 4.69) is 60.7 Å². The van der Waals surface area contributed by atoms with Crippen molar-refractivity contribution in [2.75, 3.05) is 44.1 Å². The van der Waals surface area contributed by atoms with E-state index in [9.17, 15) is 5.11 Å². The van der Waals surface area contributed by atoms with Crippen molar-refractivity contribution < 1.29 is 14.6 Å². The van der Waals surface area contributed by atoms with Crippen molar-refractivity contribution in [3.05, 3.63) is 53.1 Å². The van der Waals surface area contributed by atoms with Gasteiger partial charge < -0.3 is 24.8 Å². The average molecular weight is 383 g/mol. The minimum Gasteiger partial charge on any atom is -0.490 e. The van der Waals surface area contributed by atoms with Gasteiger partial charge in [-0.2, -0.15) is 0 Å². The molecule has 28 heavy (non-hydrogen) atoms. The van der Waals surface area contributed by atoms with Gasteiger partial charge in [0.25, 0.3) is 0 Å². The second-order valence-electron chi connectivity index (χ2n) is 7.93. The molecule has 0 bridgehead atoms. The van der Waals surface area contributed by atoms with Gasteiger partial charge in [0.15, 0.2) is 0 Å². The van der Waals surface area contributed by atoms with Crippen LogP contribution in [0, 0.1) is 0 Å². The second kappa shape index (κ2) is 8.41. The summed E-state index contributed by atoms with van der Waals surface area (Å²) >= 11 is 0. The number of fused-ring (bicyclic) bond motifs is 1. The molecule has 1 fully saturated rings. The summed E-state index contributed by atoms with van der Waals surface area (Å²) in [4.78, 5) is 2.16. The molecule has 0 radical (unpaired) electrons. The van der Waals surface area contributed by atoms with Crippen molar-refractivity contribution in [2.24, 2.45) is 0 Å². The summed E-state index contributed by atoms with van der Waals surface area (Å²) in [7, 11) is 4.17. The van der Waals surface area contributed by atoms with Crippen LogP contribution in [0.15, 0.2) is 36.4 Å². The van der Waals surface area contributed by atoms with Gasteiger partial charge in [-0.15, -0.1) is 0 Å². The number of nitrogens with one attached hydrogen (secondary N) is 1. The second-order valence-corrected chi connectivity index (χ2v) is 7.93. The van der Waals surface area contributed by atoms with E-state index in [0.29, 0.717) is 0 Å². The molecule has 2 aromatic rings. The van der Waals surface area contributed by atoms with Gasteiger partial charge in [0, 0.05) is 26.3 Å². The molecule has 1 saturated heterocycles. The summed E-state index contributed by atoms with van der Waals surface area (Å²) in [6.45, 7) is 1.67. The predicted octanol–water partition coefficient (Wildman–Crippen LogP) is 3.75. The number of hydrogen-bond acceptors (Lipinski definition) is 5. The standard InChI is InChI=1S/C23H30N2O3/c1-25(2)21-8-7-17(22-5-3-4-19(15-26)28-22)14-18(21)12-16-6-9-23-20(13-16)24-10-11-27-23/h6-9,13-14,19,22,24,26H,3-5,10-12,15H2,1-2H3/t19-,22+/m0/s1. The molecule has 5 nitrogen and oxygen atoms in total. The van der Waals surface area contributed by atoms with E-state index in [-0.39, 0.29) is 18.8 Å². The highest BCUT2D eigenvalue weighted by Crippen LogP contribution is 2.35. The third-order valence-corrected chi connectivity index (χ3v) is 5.62. The molecule has 2 heterocycles. The lowest BCUT2D eigenvalue weighted by molar-refractivity contribution is -0.0737. The van der Waals surface area contributed by atoms with Gasteiger partial charge >= 0.3 is 0 Å². The number of benzene rings is 2. The monoisotopic (exact) mass is 382 g/mol. The van der Waals surface area contributed by atoms with Crippen molar-refractivity contribution in [3.8, 4) is 5.75 Å². The van der Waals surface area contributed by atoms with E-state index in [1.54, 1.807) is 0 Å². The van der Waals surface area contributed by atoms with Gasteiger partial charge in [-0.25, -0.2) is 0 Å². The number of aliphatic hydroxyl groups excluding tert-OH is 1. The smallest absolute Gasteiger partial charge is 0.142 e. The van der Waals surface area contributed by atoms with Crippen molar-refractivity contribution in [2.45, 2.75) is 37.9 Å². The lowest BCUT2D eigenvalue weighted by Gasteiger charge is -2.30. The number of hydrogen-bond donors (Lipinski definition) is 2. The zero-order chi connectivity index (χ0) is 19.5. The minimum absolute atomic E-state index is 0.0394. The van der Waals surface area contributed by atoms with Gasteiger partial charge in [-0.3, -0.25) is 0 Å². The van der Waals surface area contributed by atoms with Gasteiger partial charge in [0.05, 0.1) is 24.5 Å². The quantitative estimate of drug-likeness (QED) is 0.825. The fourth-order valence-corrected chi connectivity index (χ4v) is 4.18. The number of nitrogens with zero attached hydrogens (tertiary/aromatic N) is 1. The largest absolute Gasteiger partial charge is 0.490 e. The Morgan fingerprint density at radius 2 is 2.04 bits per heavy atom. The molecule has 2 aliphatic heterocycles. The Balaban J connectivity index is 1.61. The molecular weight excluding hydrogens is 352 g/mol. The van der Waals surface area contributed by atoms with E-state index in [1.807, 2.05) is 0 Å². The maximum Gasteiger partial charge on any atom is 0.142 e. The molecule has 2 aromatic carbocycles. The van der Waals surface area contributed by atoms with E-state index >= 15 is 0 Å². The number of rotatable bonds is 5. The molecule has 2 aliphatic rings. The Labute approximate surface area is 167 Å². The first-order valence-corrected chi connectivity index (χ1v) is 10.2. The Morgan fingerprint density at radius 3 is 2.86 bits per heavy atom. The highest BCUT2D eigenvalue weighted by Gasteiger charge is 2.24. The van der Waals surface area contributed by atoms with Crippen LogP contribution < -0.4 is 15.0 Å². The molecule has 0 saturated carbocycles. The first-order chi connectivity index (χ1) is 13.6. The molecular formula is C23H30N2O3. The molecule has 0 spiro atoms. The third-order valence-electron chi connectivity index (χ3n) is 5.62. The Hall–Kier alpha value is -2.24.